The number of carbonyl (C=O) groups is 1. The van der Waals surface area contributed by atoms with Crippen LogP contribution in [0.5, 0.6) is 0 Å². The number of aryl methyl sites for hydroxylation is 1. The Balaban J connectivity index is 1.70. The lowest BCUT2D eigenvalue weighted by molar-refractivity contribution is -0.0543. The molecule has 7 nitrogen and oxygen atoms in total. The van der Waals surface area contributed by atoms with E-state index in [2.05, 4.69) is 11.1 Å². The Labute approximate surface area is 204 Å². The number of hydrogen-bond acceptors (Lipinski definition) is 6. The fourth-order valence-corrected chi connectivity index (χ4v) is 4.28. The molecule has 1 atom stereocenters. The minimum atomic E-state index is -1.45. The maximum absolute atomic E-state index is 13.3. The molecule has 180 valence electrons. The van der Waals surface area contributed by atoms with Crippen LogP contribution < -0.4 is 0 Å². The van der Waals surface area contributed by atoms with Crippen LogP contribution in [0.2, 0.25) is 5.02 Å². The van der Waals surface area contributed by atoms with Gasteiger partial charge in [0.15, 0.2) is 12.1 Å². The third kappa shape index (κ3) is 6.64. The van der Waals surface area contributed by atoms with Gasteiger partial charge in [0.1, 0.15) is 11.7 Å². The smallest absolute Gasteiger partial charge is 0.165 e. The van der Waals surface area contributed by atoms with Gasteiger partial charge in [-0.1, -0.05) is 30.7 Å². The van der Waals surface area contributed by atoms with Crippen molar-refractivity contribution in [2.24, 2.45) is 13.0 Å². The maximum atomic E-state index is 13.3. The van der Waals surface area contributed by atoms with Crippen LogP contribution in [0.4, 0.5) is 0 Å². The minimum Gasteiger partial charge on any atom is -0.377 e. The maximum Gasteiger partial charge on any atom is 0.165 e. The number of carbonyl (C=O) groups excluding carboxylic acids is 1. The van der Waals surface area contributed by atoms with Crippen molar-refractivity contribution in [3.8, 4) is 6.07 Å². The van der Waals surface area contributed by atoms with Crippen LogP contribution >= 0.6 is 11.6 Å². The topological polar surface area (TPSA) is 108 Å². The lowest BCUT2D eigenvalue weighted by Crippen LogP contribution is -2.15. The van der Waals surface area contributed by atoms with Gasteiger partial charge < -0.3 is 19.5 Å². The van der Waals surface area contributed by atoms with Crippen molar-refractivity contribution >= 4 is 28.4 Å². The predicted octanol–water partition coefficient (Wildman–Crippen LogP) is 4.55. The summed E-state index contributed by atoms with van der Waals surface area (Å²) in [6.45, 7) is 2.93. The lowest BCUT2D eigenvalue weighted by Gasteiger charge is -2.13. The van der Waals surface area contributed by atoms with Crippen LogP contribution in [0.25, 0.3) is 11.0 Å². The Hall–Kier alpha value is -2.76. The zero-order chi connectivity index (χ0) is 24.7. The number of nitriles is 1. The molecule has 0 saturated heterocycles. The lowest BCUT2D eigenvalue weighted by atomic mass is 9.94. The number of nitrogens with zero attached hydrogens (tertiary/aromatic N) is 3. The molecular formula is C26H30ClN3O4. The molecule has 2 N–H and O–H groups in total. The second-order valence-corrected chi connectivity index (χ2v) is 9.11. The molecule has 0 radical (unpaired) electrons. The summed E-state index contributed by atoms with van der Waals surface area (Å²) >= 11 is 5.91. The van der Waals surface area contributed by atoms with Gasteiger partial charge in [-0.25, -0.2) is 4.98 Å². The van der Waals surface area contributed by atoms with E-state index in [1.54, 1.807) is 6.07 Å². The Morgan fingerprint density at radius 3 is 2.68 bits per heavy atom. The number of rotatable bonds is 12. The van der Waals surface area contributed by atoms with Crippen molar-refractivity contribution in [3.63, 3.8) is 0 Å². The SMILES string of the molecule is CC(CC(=O)c1c(CCCCOCc2ccc(Cl)cc2)n(C)c2ncc(C#N)cc12)CC(O)O. The van der Waals surface area contributed by atoms with E-state index in [1.807, 2.05) is 42.8 Å². The normalized spacial score (nSPS) is 12.3. The van der Waals surface area contributed by atoms with Gasteiger partial charge in [-0.15, -0.1) is 0 Å². The molecule has 1 aromatic carbocycles. The average Bonchev–Trinajstić information content (AvgIpc) is 3.07. The van der Waals surface area contributed by atoms with Crippen molar-refractivity contribution in [1.29, 1.82) is 5.26 Å². The first kappa shape index (κ1) is 25.9. The predicted molar refractivity (Wildman–Crippen MR) is 130 cm³/mol. The number of Topliss-reactive ketones (excluding diaryl/α,β-unsaturated/α-hetero) is 1. The fourth-order valence-electron chi connectivity index (χ4n) is 4.15. The van der Waals surface area contributed by atoms with Gasteiger partial charge in [0, 0.05) is 54.4 Å². The first-order chi connectivity index (χ1) is 16.3. The first-order valence-corrected chi connectivity index (χ1v) is 11.8. The van der Waals surface area contributed by atoms with Gasteiger partial charge in [-0.2, -0.15) is 5.26 Å². The molecular weight excluding hydrogens is 454 g/mol. The number of hydrogen-bond donors (Lipinski definition) is 2. The number of aliphatic hydroxyl groups is 2. The molecule has 2 aromatic heterocycles. The standard InChI is InChI=1S/C26H30ClN3O4/c1-17(12-24(32)33)11-23(31)25-21-13-19(14-28)15-29-26(21)30(2)22(25)5-3-4-10-34-16-18-6-8-20(27)9-7-18/h6-9,13,15,17,24,32-33H,3-5,10-12,16H2,1-2H3. The molecule has 0 aliphatic carbocycles. The van der Waals surface area contributed by atoms with Crippen LogP contribution in [0, 0.1) is 17.2 Å². The van der Waals surface area contributed by atoms with E-state index in [0.717, 1.165) is 24.1 Å². The summed E-state index contributed by atoms with van der Waals surface area (Å²) in [6, 6.07) is 11.4. The zero-order valence-electron chi connectivity index (χ0n) is 19.5. The number of ketones is 1. The van der Waals surface area contributed by atoms with Crippen molar-refractivity contribution in [1.82, 2.24) is 9.55 Å². The molecule has 3 rings (SSSR count). The van der Waals surface area contributed by atoms with E-state index >= 15 is 0 Å². The number of ether oxygens (including phenoxy) is 1. The number of aromatic nitrogens is 2. The second kappa shape index (κ2) is 12.1. The monoisotopic (exact) mass is 483 g/mol. The summed E-state index contributed by atoms with van der Waals surface area (Å²) in [5, 5.41) is 29.2. The van der Waals surface area contributed by atoms with E-state index in [-0.39, 0.29) is 24.5 Å². The summed E-state index contributed by atoms with van der Waals surface area (Å²) in [4.78, 5) is 17.7. The quantitative estimate of drug-likeness (QED) is 0.222. The third-order valence-electron chi connectivity index (χ3n) is 5.84. The molecule has 1 unspecified atom stereocenters. The van der Waals surface area contributed by atoms with Crippen molar-refractivity contribution in [3.05, 3.63) is 63.9 Å². The average molecular weight is 484 g/mol. The zero-order valence-corrected chi connectivity index (χ0v) is 20.3. The summed E-state index contributed by atoms with van der Waals surface area (Å²) in [5.41, 5.74) is 3.56. The number of halogens is 1. The van der Waals surface area contributed by atoms with Crippen LogP contribution in [0.1, 0.15) is 59.8 Å². The van der Waals surface area contributed by atoms with E-state index in [0.29, 0.717) is 46.8 Å². The summed E-state index contributed by atoms with van der Waals surface area (Å²) in [5.74, 6) is -0.270. The molecule has 0 fully saturated rings. The fraction of sp³-hybridized carbons (Fsp3) is 0.423. The molecule has 8 heteroatoms. The molecule has 0 spiro atoms. The highest BCUT2D eigenvalue weighted by Crippen LogP contribution is 2.29. The third-order valence-corrected chi connectivity index (χ3v) is 6.09. The largest absolute Gasteiger partial charge is 0.377 e. The van der Waals surface area contributed by atoms with Crippen LogP contribution in [-0.2, 0) is 24.8 Å². The van der Waals surface area contributed by atoms with Crippen molar-refractivity contribution in [2.75, 3.05) is 6.61 Å². The first-order valence-electron chi connectivity index (χ1n) is 11.4. The molecule has 34 heavy (non-hydrogen) atoms. The summed E-state index contributed by atoms with van der Waals surface area (Å²) in [6.07, 6.45) is 2.68. The van der Waals surface area contributed by atoms with E-state index in [1.165, 1.54) is 6.20 Å². The summed E-state index contributed by atoms with van der Waals surface area (Å²) in [7, 11) is 1.88. The highest BCUT2D eigenvalue weighted by Gasteiger charge is 2.24. The van der Waals surface area contributed by atoms with Gasteiger partial charge in [-0.3, -0.25) is 4.79 Å². The molecule has 0 aliphatic rings. The van der Waals surface area contributed by atoms with Gasteiger partial charge >= 0.3 is 0 Å². The Morgan fingerprint density at radius 2 is 2.00 bits per heavy atom. The van der Waals surface area contributed by atoms with Crippen LogP contribution in [-0.4, -0.2) is 38.4 Å². The Bertz CT molecular complexity index is 1170. The van der Waals surface area contributed by atoms with Crippen molar-refractivity contribution in [2.45, 2.75) is 51.9 Å². The van der Waals surface area contributed by atoms with Crippen LogP contribution in [0.15, 0.2) is 36.5 Å². The highest BCUT2D eigenvalue weighted by molar-refractivity contribution is 6.30. The molecule has 0 amide bonds. The second-order valence-electron chi connectivity index (χ2n) is 8.67. The van der Waals surface area contributed by atoms with Crippen LogP contribution in [0.3, 0.4) is 0 Å². The number of unbranched alkanes of at least 4 members (excludes halogenated alkanes) is 1. The number of fused-ring (bicyclic) bond motifs is 1. The highest BCUT2D eigenvalue weighted by atomic mass is 35.5. The van der Waals surface area contributed by atoms with Gasteiger partial charge in [0.05, 0.1) is 12.2 Å². The van der Waals surface area contributed by atoms with Gasteiger partial charge in [0.25, 0.3) is 0 Å². The molecule has 0 saturated carbocycles. The number of benzene rings is 1. The molecule has 0 bridgehead atoms. The Kier molecular flexibility index (Phi) is 9.20. The van der Waals surface area contributed by atoms with E-state index in [4.69, 9.17) is 16.3 Å². The minimum absolute atomic E-state index is 0.0790. The van der Waals surface area contributed by atoms with Gasteiger partial charge in [-0.05, 0) is 48.9 Å². The molecule has 0 aliphatic heterocycles. The van der Waals surface area contributed by atoms with Gasteiger partial charge in [0.2, 0.25) is 0 Å². The molecule has 3 aromatic rings. The van der Waals surface area contributed by atoms with E-state index < -0.39 is 6.29 Å². The molecule has 2 heterocycles. The number of aliphatic hydroxyl groups excluding tert-OH is 1. The number of pyridine rings is 1. The Morgan fingerprint density at radius 1 is 1.26 bits per heavy atom. The summed E-state index contributed by atoms with van der Waals surface area (Å²) < 4.78 is 7.69. The van der Waals surface area contributed by atoms with Crippen molar-refractivity contribution < 1.29 is 19.7 Å². The van der Waals surface area contributed by atoms with E-state index in [9.17, 15) is 20.3 Å².